The van der Waals surface area contributed by atoms with Crippen LogP contribution >= 0.6 is 0 Å². The van der Waals surface area contributed by atoms with Crippen molar-refractivity contribution < 1.29 is 5.11 Å². The van der Waals surface area contributed by atoms with Crippen LogP contribution in [-0.2, 0) is 6.54 Å². The maximum atomic E-state index is 9.96. The Morgan fingerprint density at radius 3 is 2.74 bits per heavy atom. The van der Waals surface area contributed by atoms with E-state index in [1.54, 1.807) is 12.3 Å². The quantitative estimate of drug-likeness (QED) is 0.882. The summed E-state index contributed by atoms with van der Waals surface area (Å²) in [6, 6.07) is 7.91. The monoisotopic (exact) mass is 256 g/mol. The van der Waals surface area contributed by atoms with Crippen LogP contribution in [0, 0.1) is 13.8 Å². The molecule has 0 saturated heterocycles. The highest BCUT2D eigenvalue weighted by atomic mass is 16.3. The Morgan fingerprint density at radius 2 is 2.05 bits per heavy atom. The number of hydrogen-bond acceptors (Lipinski definition) is 3. The van der Waals surface area contributed by atoms with Crippen molar-refractivity contribution in [3.63, 3.8) is 0 Å². The summed E-state index contributed by atoms with van der Waals surface area (Å²) in [5, 5.41) is 13.4. The zero-order valence-electron chi connectivity index (χ0n) is 11.6. The minimum Gasteiger partial charge on any atom is -0.508 e. The predicted molar refractivity (Wildman–Crippen MR) is 77.1 cm³/mol. The molecule has 0 fully saturated rings. The number of aryl methyl sites for hydroxylation is 2. The summed E-state index contributed by atoms with van der Waals surface area (Å²) in [6.45, 7) is 6.85. The molecule has 3 nitrogen and oxygen atoms in total. The summed E-state index contributed by atoms with van der Waals surface area (Å²) in [5.74, 6) is 0.353. The van der Waals surface area contributed by atoms with Crippen molar-refractivity contribution >= 4 is 0 Å². The van der Waals surface area contributed by atoms with Gasteiger partial charge in [-0.25, -0.2) is 0 Å². The van der Waals surface area contributed by atoms with Crippen LogP contribution in [-0.4, -0.2) is 10.1 Å². The molecule has 0 aliphatic carbocycles. The van der Waals surface area contributed by atoms with Gasteiger partial charge in [-0.2, -0.15) is 0 Å². The number of nitrogens with one attached hydrogen (secondary N) is 1. The number of benzene rings is 1. The number of aromatic nitrogens is 1. The van der Waals surface area contributed by atoms with Gasteiger partial charge in [0.05, 0.1) is 0 Å². The number of aromatic hydroxyl groups is 1. The Labute approximate surface area is 114 Å². The Hall–Kier alpha value is -1.87. The fraction of sp³-hybridized carbons (Fsp3) is 0.312. The third-order valence-electron chi connectivity index (χ3n) is 3.39. The van der Waals surface area contributed by atoms with Crippen molar-refractivity contribution in [1.82, 2.24) is 10.3 Å². The third-order valence-corrected chi connectivity index (χ3v) is 3.39. The molecule has 0 saturated carbocycles. The minimum absolute atomic E-state index is 0.105. The van der Waals surface area contributed by atoms with Crippen molar-refractivity contribution in [3.8, 4) is 5.75 Å². The molecular formula is C16H20N2O. The lowest BCUT2D eigenvalue weighted by molar-refractivity contribution is 0.452. The fourth-order valence-electron chi connectivity index (χ4n) is 2.09. The first-order chi connectivity index (χ1) is 9.08. The third kappa shape index (κ3) is 3.32. The lowest BCUT2D eigenvalue weighted by atomic mass is 10.0. The van der Waals surface area contributed by atoms with Gasteiger partial charge in [0.2, 0.25) is 0 Å². The second kappa shape index (κ2) is 5.85. The molecule has 2 rings (SSSR count). The van der Waals surface area contributed by atoms with E-state index in [9.17, 15) is 5.11 Å². The molecule has 0 spiro atoms. The van der Waals surface area contributed by atoms with Gasteiger partial charge in [0, 0.05) is 30.5 Å². The number of phenols is 1. The normalized spacial score (nSPS) is 12.4. The summed E-state index contributed by atoms with van der Waals surface area (Å²) in [4.78, 5) is 4.09. The van der Waals surface area contributed by atoms with Crippen molar-refractivity contribution in [2.75, 3.05) is 0 Å². The second-order valence-corrected chi connectivity index (χ2v) is 4.97. The van der Waals surface area contributed by atoms with Gasteiger partial charge >= 0.3 is 0 Å². The van der Waals surface area contributed by atoms with E-state index < -0.39 is 0 Å². The van der Waals surface area contributed by atoms with Gasteiger partial charge in [-0.05, 0) is 49.6 Å². The van der Waals surface area contributed by atoms with Crippen molar-refractivity contribution in [1.29, 1.82) is 0 Å². The molecule has 19 heavy (non-hydrogen) atoms. The minimum atomic E-state index is 0.105. The summed E-state index contributed by atoms with van der Waals surface area (Å²) >= 11 is 0. The average molecular weight is 256 g/mol. The van der Waals surface area contributed by atoms with Crippen LogP contribution in [0.25, 0.3) is 0 Å². The maximum Gasteiger partial charge on any atom is 0.120 e. The van der Waals surface area contributed by atoms with Crippen LogP contribution in [0.3, 0.4) is 0 Å². The van der Waals surface area contributed by atoms with Gasteiger partial charge in [-0.1, -0.05) is 12.1 Å². The summed E-state index contributed by atoms with van der Waals surface area (Å²) in [6.07, 6.45) is 3.67. The molecule has 1 aromatic heterocycles. The van der Waals surface area contributed by atoms with Crippen LogP contribution in [0.15, 0.2) is 36.7 Å². The SMILES string of the molecule is Cc1ccc(C(C)NCc2ccncc2C)c(O)c1. The van der Waals surface area contributed by atoms with Crippen molar-refractivity contribution in [2.45, 2.75) is 33.4 Å². The highest BCUT2D eigenvalue weighted by molar-refractivity contribution is 5.37. The van der Waals surface area contributed by atoms with Crippen LogP contribution in [0.5, 0.6) is 5.75 Å². The van der Waals surface area contributed by atoms with Gasteiger partial charge in [-0.15, -0.1) is 0 Å². The smallest absolute Gasteiger partial charge is 0.120 e. The summed E-state index contributed by atoms with van der Waals surface area (Å²) < 4.78 is 0. The fourth-order valence-corrected chi connectivity index (χ4v) is 2.09. The van der Waals surface area contributed by atoms with Gasteiger partial charge in [-0.3, -0.25) is 4.98 Å². The molecule has 1 heterocycles. The molecule has 0 amide bonds. The Balaban J connectivity index is 2.05. The van der Waals surface area contributed by atoms with Crippen LogP contribution in [0.4, 0.5) is 0 Å². The highest BCUT2D eigenvalue weighted by Crippen LogP contribution is 2.25. The van der Waals surface area contributed by atoms with Gasteiger partial charge in [0.1, 0.15) is 5.75 Å². The molecule has 0 bridgehead atoms. The molecule has 2 N–H and O–H groups in total. The Morgan fingerprint density at radius 1 is 1.26 bits per heavy atom. The topological polar surface area (TPSA) is 45.2 Å². The predicted octanol–water partition coefficient (Wildman–Crippen LogP) is 3.25. The van der Waals surface area contributed by atoms with Crippen molar-refractivity contribution in [3.05, 3.63) is 58.9 Å². The summed E-state index contributed by atoms with van der Waals surface area (Å²) in [7, 11) is 0. The van der Waals surface area contributed by atoms with Gasteiger partial charge in [0.15, 0.2) is 0 Å². The number of rotatable bonds is 4. The van der Waals surface area contributed by atoms with E-state index in [1.807, 2.05) is 31.3 Å². The lowest BCUT2D eigenvalue weighted by Crippen LogP contribution is -2.18. The largest absolute Gasteiger partial charge is 0.508 e. The van der Waals surface area contributed by atoms with Gasteiger partial charge in [0.25, 0.3) is 0 Å². The lowest BCUT2D eigenvalue weighted by Gasteiger charge is -2.16. The second-order valence-electron chi connectivity index (χ2n) is 4.97. The molecule has 0 radical (unpaired) electrons. The van der Waals surface area contributed by atoms with Crippen LogP contribution in [0.2, 0.25) is 0 Å². The number of nitrogens with zero attached hydrogens (tertiary/aromatic N) is 1. The Kier molecular flexibility index (Phi) is 4.17. The van der Waals surface area contributed by atoms with Crippen molar-refractivity contribution in [2.24, 2.45) is 0 Å². The molecule has 1 atom stereocenters. The molecule has 3 heteroatoms. The molecular weight excluding hydrogens is 236 g/mol. The first-order valence-electron chi connectivity index (χ1n) is 6.50. The van der Waals surface area contributed by atoms with Crippen LogP contribution < -0.4 is 5.32 Å². The van der Waals surface area contributed by atoms with E-state index in [0.29, 0.717) is 5.75 Å². The molecule has 1 aromatic carbocycles. The average Bonchev–Trinajstić information content (AvgIpc) is 2.37. The van der Waals surface area contributed by atoms with Gasteiger partial charge < -0.3 is 10.4 Å². The zero-order valence-corrected chi connectivity index (χ0v) is 11.6. The number of phenolic OH excluding ortho intramolecular Hbond substituents is 1. The highest BCUT2D eigenvalue weighted by Gasteiger charge is 2.10. The van der Waals surface area contributed by atoms with E-state index in [0.717, 1.165) is 17.7 Å². The van der Waals surface area contributed by atoms with E-state index in [1.165, 1.54) is 11.1 Å². The molecule has 2 aromatic rings. The number of hydrogen-bond donors (Lipinski definition) is 2. The summed E-state index contributed by atoms with van der Waals surface area (Å²) in [5.41, 5.74) is 4.40. The van der Waals surface area contributed by atoms with E-state index in [-0.39, 0.29) is 6.04 Å². The zero-order chi connectivity index (χ0) is 13.8. The first-order valence-corrected chi connectivity index (χ1v) is 6.50. The molecule has 0 aliphatic rings. The van der Waals surface area contributed by atoms with E-state index >= 15 is 0 Å². The molecule has 1 unspecified atom stereocenters. The van der Waals surface area contributed by atoms with E-state index in [2.05, 4.69) is 24.1 Å². The number of pyridine rings is 1. The standard InChI is InChI=1S/C16H20N2O/c1-11-4-5-15(16(19)8-11)13(3)18-10-14-6-7-17-9-12(14)2/h4-9,13,18-19H,10H2,1-3H3. The molecule has 0 aliphatic heterocycles. The maximum absolute atomic E-state index is 9.96. The first kappa shape index (κ1) is 13.6. The van der Waals surface area contributed by atoms with Crippen LogP contribution in [0.1, 0.15) is 35.2 Å². The van der Waals surface area contributed by atoms with E-state index in [4.69, 9.17) is 0 Å². The molecule has 100 valence electrons. The Bertz CT molecular complexity index is 566.